The summed E-state index contributed by atoms with van der Waals surface area (Å²) in [5.41, 5.74) is 1.94. The van der Waals surface area contributed by atoms with E-state index in [1.165, 1.54) is 25.8 Å². The van der Waals surface area contributed by atoms with E-state index in [9.17, 15) is 0 Å². The summed E-state index contributed by atoms with van der Waals surface area (Å²) in [6, 6.07) is 5.87. The number of imidazole rings is 1. The predicted octanol–water partition coefficient (Wildman–Crippen LogP) is 3.15. The number of nitrogens with one attached hydrogen (secondary N) is 2. The van der Waals surface area contributed by atoms with Crippen LogP contribution in [-0.4, -0.2) is 23.1 Å². The molecule has 96 valence electrons. The summed E-state index contributed by atoms with van der Waals surface area (Å²) in [6.45, 7) is 2.33. The molecule has 0 amide bonds. The van der Waals surface area contributed by atoms with Crippen molar-refractivity contribution in [2.75, 3.05) is 13.1 Å². The van der Waals surface area contributed by atoms with E-state index in [4.69, 9.17) is 11.6 Å². The molecule has 1 saturated heterocycles. The van der Waals surface area contributed by atoms with Crippen LogP contribution >= 0.6 is 11.6 Å². The van der Waals surface area contributed by atoms with Crippen LogP contribution < -0.4 is 5.32 Å². The monoisotopic (exact) mass is 263 g/mol. The summed E-state index contributed by atoms with van der Waals surface area (Å²) in [7, 11) is 0. The molecule has 2 aromatic rings. The Bertz CT molecular complexity index is 529. The molecule has 1 unspecified atom stereocenters. The van der Waals surface area contributed by atoms with Crippen molar-refractivity contribution in [3.8, 4) is 0 Å². The van der Waals surface area contributed by atoms with Crippen LogP contribution in [0.2, 0.25) is 5.02 Å². The number of piperidine rings is 1. The lowest BCUT2D eigenvalue weighted by Crippen LogP contribution is -2.29. The summed E-state index contributed by atoms with van der Waals surface area (Å²) < 4.78 is 0. The highest BCUT2D eigenvalue weighted by atomic mass is 35.5. The average Bonchev–Trinajstić information content (AvgIpc) is 2.82. The van der Waals surface area contributed by atoms with Gasteiger partial charge >= 0.3 is 0 Å². The highest BCUT2D eigenvalue weighted by molar-refractivity contribution is 6.34. The van der Waals surface area contributed by atoms with Gasteiger partial charge in [0, 0.05) is 6.42 Å². The normalized spacial score (nSPS) is 20.4. The topological polar surface area (TPSA) is 40.7 Å². The zero-order chi connectivity index (χ0) is 12.4. The molecule has 3 rings (SSSR count). The first-order chi connectivity index (χ1) is 8.83. The molecule has 1 aromatic heterocycles. The van der Waals surface area contributed by atoms with Gasteiger partial charge in [-0.05, 0) is 50.4 Å². The standard InChI is InChI=1S/C14H18ClN3/c15-11-4-1-5-12-14(11)18-13(17-12)7-6-10-3-2-8-16-9-10/h1,4-5,10,16H,2-3,6-9H2,(H,17,18). The fraction of sp³-hybridized carbons (Fsp3) is 0.500. The van der Waals surface area contributed by atoms with E-state index in [1.807, 2.05) is 18.2 Å². The largest absolute Gasteiger partial charge is 0.342 e. The molecule has 18 heavy (non-hydrogen) atoms. The average molecular weight is 264 g/mol. The van der Waals surface area contributed by atoms with Gasteiger partial charge in [-0.15, -0.1) is 0 Å². The molecule has 1 fully saturated rings. The minimum absolute atomic E-state index is 0.731. The number of fused-ring (bicyclic) bond motifs is 1. The number of benzene rings is 1. The van der Waals surface area contributed by atoms with E-state index in [-0.39, 0.29) is 0 Å². The number of para-hydroxylation sites is 1. The van der Waals surface area contributed by atoms with E-state index >= 15 is 0 Å². The van der Waals surface area contributed by atoms with Crippen molar-refractivity contribution in [3.63, 3.8) is 0 Å². The summed E-state index contributed by atoms with van der Waals surface area (Å²) in [5, 5.41) is 4.19. The smallest absolute Gasteiger partial charge is 0.107 e. The number of rotatable bonds is 3. The van der Waals surface area contributed by atoms with Gasteiger partial charge < -0.3 is 10.3 Å². The molecule has 0 spiro atoms. The molecule has 2 heterocycles. The quantitative estimate of drug-likeness (QED) is 0.893. The fourth-order valence-electron chi connectivity index (χ4n) is 2.68. The molecule has 0 aliphatic carbocycles. The van der Waals surface area contributed by atoms with Gasteiger partial charge in [0.1, 0.15) is 11.3 Å². The Morgan fingerprint density at radius 3 is 3.11 bits per heavy atom. The highest BCUT2D eigenvalue weighted by Crippen LogP contribution is 2.22. The SMILES string of the molecule is Clc1cccc2[nH]c(CCC3CCCNC3)nc12. The Kier molecular flexibility index (Phi) is 3.52. The first-order valence-electron chi connectivity index (χ1n) is 6.67. The summed E-state index contributed by atoms with van der Waals surface area (Å²) >= 11 is 6.13. The van der Waals surface area contributed by atoms with E-state index in [0.29, 0.717) is 0 Å². The predicted molar refractivity (Wildman–Crippen MR) is 75.0 cm³/mol. The number of aryl methyl sites for hydroxylation is 1. The van der Waals surface area contributed by atoms with Crippen molar-refractivity contribution in [2.45, 2.75) is 25.7 Å². The minimum atomic E-state index is 0.731. The number of H-pyrrole nitrogens is 1. The lowest BCUT2D eigenvalue weighted by Gasteiger charge is -2.22. The molecular weight excluding hydrogens is 246 g/mol. The van der Waals surface area contributed by atoms with Gasteiger partial charge in [-0.2, -0.15) is 0 Å². The third-order valence-electron chi connectivity index (χ3n) is 3.70. The molecule has 1 aliphatic heterocycles. The maximum atomic E-state index is 6.13. The molecule has 1 aromatic carbocycles. The number of hydrogen-bond acceptors (Lipinski definition) is 2. The minimum Gasteiger partial charge on any atom is -0.342 e. The van der Waals surface area contributed by atoms with Crippen molar-refractivity contribution in [2.24, 2.45) is 5.92 Å². The summed E-state index contributed by atoms with van der Waals surface area (Å²) in [4.78, 5) is 7.95. The zero-order valence-electron chi connectivity index (χ0n) is 10.4. The van der Waals surface area contributed by atoms with Crippen molar-refractivity contribution in [1.29, 1.82) is 0 Å². The van der Waals surface area contributed by atoms with Crippen LogP contribution in [0.5, 0.6) is 0 Å². The molecule has 0 bridgehead atoms. The van der Waals surface area contributed by atoms with E-state index in [0.717, 1.165) is 40.8 Å². The van der Waals surface area contributed by atoms with Crippen molar-refractivity contribution in [3.05, 3.63) is 29.0 Å². The van der Waals surface area contributed by atoms with Gasteiger partial charge in [0.05, 0.1) is 10.5 Å². The Morgan fingerprint density at radius 2 is 2.33 bits per heavy atom. The maximum absolute atomic E-state index is 6.13. The van der Waals surface area contributed by atoms with Crippen LogP contribution in [0.3, 0.4) is 0 Å². The lowest BCUT2D eigenvalue weighted by molar-refractivity contribution is 0.356. The van der Waals surface area contributed by atoms with Crippen molar-refractivity contribution in [1.82, 2.24) is 15.3 Å². The number of halogens is 1. The molecule has 1 atom stereocenters. The fourth-order valence-corrected chi connectivity index (χ4v) is 2.89. The molecular formula is C14H18ClN3. The second kappa shape index (κ2) is 5.29. The maximum Gasteiger partial charge on any atom is 0.107 e. The zero-order valence-corrected chi connectivity index (χ0v) is 11.1. The van der Waals surface area contributed by atoms with Crippen LogP contribution in [0.1, 0.15) is 25.1 Å². The molecule has 0 radical (unpaired) electrons. The summed E-state index contributed by atoms with van der Waals surface area (Å²) in [6.07, 6.45) is 4.85. The van der Waals surface area contributed by atoms with Gasteiger partial charge in [-0.25, -0.2) is 4.98 Å². The van der Waals surface area contributed by atoms with Gasteiger partial charge in [0.2, 0.25) is 0 Å². The first-order valence-corrected chi connectivity index (χ1v) is 7.04. The van der Waals surface area contributed by atoms with Crippen LogP contribution in [0.4, 0.5) is 0 Å². The third kappa shape index (κ3) is 2.52. The second-order valence-corrected chi connectivity index (χ2v) is 5.48. The molecule has 4 heteroatoms. The number of aromatic amines is 1. The lowest BCUT2D eigenvalue weighted by atomic mass is 9.95. The van der Waals surface area contributed by atoms with Gasteiger partial charge in [0.25, 0.3) is 0 Å². The molecule has 0 saturated carbocycles. The van der Waals surface area contributed by atoms with Crippen LogP contribution in [0.15, 0.2) is 18.2 Å². The Labute approximate surface area is 112 Å². The van der Waals surface area contributed by atoms with Crippen LogP contribution in [0, 0.1) is 5.92 Å². The Morgan fingerprint density at radius 1 is 1.39 bits per heavy atom. The van der Waals surface area contributed by atoms with Crippen LogP contribution in [-0.2, 0) is 6.42 Å². The van der Waals surface area contributed by atoms with E-state index < -0.39 is 0 Å². The number of hydrogen-bond donors (Lipinski definition) is 2. The third-order valence-corrected chi connectivity index (χ3v) is 4.01. The van der Waals surface area contributed by atoms with Crippen molar-refractivity contribution < 1.29 is 0 Å². The van der Waals surface area contributed by atoms with E-state index in [2.05, 4.69) is 15.3 Å². The van der Waals surface area contributed by atoms with Gasteiger partial charge in [-0.1, -0.05) is 17.7 Å². The Balaban J connectivity index is 1.69. The molecule has 1 aliphatic rings. The Hall–Kier alpha value is -1.06. The number of aromatic nitrogens is 2. The van der Waals surface area contributed by atoms with E-state index in [1.54, 1.807) is 0 Å². The molecule has 2 N–H and O–H groups in total. The van der Waals surface area contributed by atoms with Gasteiger partial charge in [0.15, 0.2) is 0 Å². The second-order valence-electron chi connectivity index (χ2n) is 5.07. The van der Waals surface area contributed by atoms with Crippen molar-refractivity contribution >= 4 is 22.6 Å². The van der Waals surface area contributed by atoms with Gasteiger partial charge in [-0.3, -0.25) is 0 Å². The molecule has 3 nitrogen and oxygen atoms in total. The highest BCUT2D eigenvalue weighted by Gasteiger charge is 2.14. The summed E-state index contributed by atoms with van der Waals surface area (Å²) in [5.74, 6) is 1.85. The number of nitrogens with zero attached hydrogens (tertiary/aromatic N) is 1. The van der Waals surface area contributed by atoms with Crippen LogP contribution in [0.25, 0.3) is 11.0 Å². The first kappa shape index (κ1) is 12.0.